The highest BCUT2D eigenvalue weighted by molar-refractivity contribution is 9.10. The molecule has 0 heterocycles. The standard InChI is InChI=1S/C11H14BrN3O4/c1-7(19-2)6-13-11(16)14-8-3-4-9(12)10(5-8)15(17)18/h3-5,7H,6H2,1-2H3,(H2,13,14,16). The molecule has 0 saturated carbocycles. The maximum atomic E-state index is 11.5. The Morgan fingerprint density at radius 1 is 1.58 bits per heavy atom. The Hall–Kier alpha value is -1.67. The molecular formula is C11H14BrN3O4. The molecule has 0 bridgehead atoms. The summed E-state index contributed by atoms with van der Waals surface area (Å²) < 4.78 is 5.34. The first-order valence-electron chi connectivity index (χ1n) is 5.45. The van der Waals surface area contributed by atoms with Crippen LogP contribution in [-0.4, -0.2) is 30.7 Å². The van der Waals surface area contributed by atoms with Crippen LogP contribution in [-0.2, 0) is 4.74 Å². The Kier molecular flexibility index (Phi) is 5.71. The van der Waals surface area contributed by atoms with E-state index in [-0.39, 0.29) is 11.8 Å². The summed E-state index contributed by atoms with van der Waals surface area (Å²) in [7, 11) is 1.54. The number of nitrogens with one attached hydrogen (secondary N) is 2. The van der Waals surface area contributed by atoms with E-state index in [2.05, 4.69) is 26.6 Å². The van der Waals surface area contributed by atoms with Gasteiger partial charge in [0.05, 0.1) is 15.5 Å². The van der Waals surface area contributed by atoms with Crippen LogP contribution in [0.3, 0.4) is 0 Å². The van der Waals surface area contributed by atoms with Gasteiger partial charge in [-0.25, -0.2) is 4.79 Å². The molecule has 2 amide bonds. The number of methoxy groups -OCH3 is 1. The molecule has 19 heavy (non-hydrogen) atoms. The number of carbonyl (C=O) groups is 1. The Balaban J connectivity index is 2.64. The summed E-state index contributed by atoms with van der Waals surface area (Å²) in [6, 6.07) is 3.91. The van der Waals surface area contributed by atoms with E-state index in [4.69, 9.17) is 4.74 Å². The summed E-state index contributed by atoms with van der Waals surface area (Å²) in [5.41, 5.74) is 0.237. The Bertz CT molecular complexity index is 481. The number of rotatable bonds is 5. The average Bonchev–Trinajstić information content (AvgIpc) is 2.37. The molecule has 0 saturated heterocycles. The predicted octanol–water partition coefficient (Wildman–Crippen LogP) is 2.51. The van der Waals surface area contributed by atoms with Crippen molar-refractivity contribution in [1.29, 1.82) is 0 Å². The van der Waals surface area contributed by atoms with Crippen molar-refractivity contribution in [3.05, 3.63) is 32.8 Å². The highest BCUT2D eigenvalue weighted by atomic mass is 79.9. The van der Waals surface area contributed by atoms with Gasteiger partial charge in [-0.1, -0.05) is 0 Å². The molecule has 0 fully saturated rings. The van der Waals surface area contributed by atoms with E-state index >= 15 is 0 Å². The zero-order chi connectivity index (χ0) is 14.4. The summed E-state index contributed by atoms with van der Waals surface area (Å²) in [5, 5.41) is 15.8. The van der Waals surface area contributed by atoms with Crippen LogP contribution in [0.1, 0.15) is 6.92 Å². The average molecular weight is 332 g/mol. The van der Waals surface area contributed by atoms with Gasteiger partial charge in [0.2, 0.25) is 0 Å². The highest BCUT2D eigenvalue weighted by Crippen LogP contribution is 2.27. The fourth-order valence-electron chi connectivity index (χ4n) is 1.23. The summed E-state index contributed by atoms with van der Waals surface area (Å²) in [4.78, 5) is 21.8. The number of nitro benzene ring substituents is 1. The molecule has 1 aromatic carbocycles. The van der Waals surface area contributed by atoms with Crippen molar-refractivity contribution in [3.8, 4) is 0 Å². The van der Waals surface area contributed by atoms with Gasteiger partial charge in [-0.3, -0.25) is 10.1 Å². The van der Waals surface area contributed by atoms with Crippen LogP contribution < -0.4 is 10.6 Å². The monoisotopic (exact) mass is 331 g/mol. The molecule has 8 heteroatoms. The number of urea groups is 1. The third-order valence-electron chi connectivity index (χ3n) is 2.35. The number of ether oxygens (including phenoxy) is 1. The van der Waals surface area contributed by atoms with Crippen molar-refractivity contribution >= 4 is 33.3 Å². The third kappa shape index (κ3) is 4.84. The maximum absolute atomic E-state index is 11.5. The quantitative estimate of drug-likeness (QED) is 0.640. The van der Waals surface area contributed by atoms with Crippen LogP contribution in [0.25, 0.3) is 0 Å². The van der Waals surface area contributed by atoms with Crippen LogP contribution in [0.4, 0.5) is 16.2 Å². The van der Waals surface area contributed by atoms with Crippen LogP contribution in [0.2, 0.25) is 0 Å². The number of halogens is 1. The first-order chi connectivity index (χ1) is 8.93. The first-order valence-corrected chi connectivity index (χ1v) is 6.25. The minimum absolute atomic E-state index is 0.106. The Morgan fingerprint density at radius 2 is 2.26 bits per heavy atom. The minimum Gasteiger partial charge on any atom is -0.380 e. The van der Waals surface area contributed by atoms with E-state index in [1.807, 2.05) is 6.92 Å². The van der Waals surface area contributed by atoms with E-state index in [0.717, 1.165) is 0 Å². The SMILES string of the molecule is COC(C)CNC(=O)Nc1ccc(Br)c([N+](=O)[O-])c1. The first kappa shape index (κ1) is 15.4. The number of anilines is 1. The summed E-state index contributed by atoms with van der Waals surface area (Å²) in [6.45, 7) is 2.16. The fourth-order valence-corrected chi connectivity index (χ4v) is 1.62. The van der Waals surface area contributed by atoms with Gasteiger partial charge in [-0.15, -0.1) is 0 Å². The smallest absolute Gasteiger partial charge is 0.319 e. The second kappa shape index (κ2) is 7.05. The minimum atomic E-state index is -0.528. The summed E-state index contributed by atoms with van der Waals surface area (Å²) in [5.74, 6) is 0. The van der Waals surface area contributed by atoms with E-state index in [1.54, 1.807) is 13.2 Å². The van der Waals surface area contributed by atoms with Gasteiger partial charge in [0.15, 0.2) is 0 Å². The number of hydrogen-bond acceptors (Lipinski definition) is 4. The number of nitro groups is 1. The van der Waals surface area contributed by atoms with Gasteiger partial charge < -0.3 is 15.4 Å². The molecule has 7 nitrogen and oxygen atoms in total. The van der Waals surface area contributed by atoms with Crippen molar-refractivity contribution in [2.24, 2.45) is 0 Å². The zero-order valence-corrected chi connectivity index (χ0v) is 12.1. The van der Waals surface area contributed by atoms with Gasteiger partial charge in [-0.2, -0.15) is 0 Å². The number of nitrogens with zero attached hydrogens (tertiary/aromatic N) is 1. The normalized spacial score (nSPS) is 11.7. The van der Waals surface area contributed by atoms with Crippen molar-refractivity contribution in [2.45, 2.75) is 13.0 Å². The molecule has 1 rings (SSSR count). The fraction of sp³-hybridized carbons (Fsp3) is 0.364. The number of carbonyl (C=O) groups excluding carboxylic acids is 1. The summed E-state index contributed by atoms with van der Waals surface area (Å²) >= 11 is 3.07. The molecule has 0 aliphatic heterocycles. The lowest BCUT2D eigenvalue weighted by molar-refractivity contribution is -0.385. The van der Waals surface area contributed by atoms with Gasteiger partial charge in [0.1, 0.15) is 0 Å². The number of amides is 2. The lowest BCUT2D eigenvalue weighted by Gasteiger charge is -2.11. The number of benzene rings is 1. The largest absolute Gasteiger partial charge is 0.380 e. The van der Waals surface area contributed by atoms with E-state index in [9.17, 15) is 14.9 Å². The number of hydrogen-bond donors (Lipinski definition) is 2. The molecule has 1 aromatic rings. The van der Waals surface area contributed by atoms with Gasteiger partial charge in [0.25, 0.3) is 5.69 Å². The second-order valence-electron chi connectivity index (χ2n) is 3.80. The van der Waals surface area contributed by atoms with Crippen LogP contribution in [0.5, 0.6) is 0 Å². The van der Waals surface area contributed by atoms with Crippen molar-refractivity contribution in [3.63, 3.8) is 0 Å². The zero-order valence-electron chi connectivity index (χ0n) is 10.5. The second-order valence-corrected chi connectivity index (χ2v) is 4.66. The molecule has 0 spiro atoms. The van der Waals surface area contributed by atoms with Crippen molar-refractivity contribution in [1.82, 2.24) is 5.32 Å². The molecule has 1 atom stereocenters. The van der Waals surface area contributed by atoms with E-state index in [0.29, 0.717) is 16.7 Å². The third-order valence-corrected chi connectivity index (χ3v) is 3.02. The van der Waals surface area contributed by atoms with Gasteiger partial charge >= 0.3 is 6.03 Å². The molecule has 0 radical (unpaired) electrons. The van der Waals surface area contributed by atoms with E-state index < -0.39 is 11.0 Å². The predicted molar refractivity (Wildman–Crippen MR) is 74.3 cm³/mol. The lowest BCUT2D eigenvalue weighted by Crippen LogP contribution is -2.34. The topological polar surface area (TPSA) is 93.5 Å². The molecule has 0 aliphatic rings. The van der Waals surface area contributed by atoms with E-state index in [1.165, 1.54) is 12.1 Å². The van der Waals surface area contributed by atoms with Crippen LogP contribution in [0.15, 0.2) is 22.7 Å². The highest BCUT2D eigenvalue weighted by Gasteiger charge is 2.13. The molecule has 1 unspecified atom stereocenters. The molecular weight excluding hydrogens is 318 g/mol. The van der Waals surface area contributed by atoms with Crippen LogP contribution >= 0.6 is 15.9 Å². The molecule has 0 aromatic heterocycles. The molecule has 104 valence electrons. The summed E-state index contributed by atoms with van der Waals surface area (Å²) in [6.07, 6.45) is -0.106. The molecule has 2 N–H and O–H groups in total. The Morgan fingerprint density at radius 3 is 2.84 bits per heavy atom. The van der Waals surface area contributed by atoms with Crippen LogP contribution in [0, 0.1) is 10.1 Å². The van der Waals surface area contributed by atoms with Crippen molar-refractivity contribution < 1.29 is 14.5 Å². The lowest BCUT2D eigenvalue weighted by atomic mass is 10.3. The van der Waals surface area contributed by atoms with Crippen molar-refractivity contribution in [2.75, 3.05) is 19.0 Å². The molecule has 0 aliphatic carbocycles. The maximum Gasteiger partial charge on any atom is 0.319 e. The Labute approximate surface area is 118 Å². The van der Waals surface area contributed by atoms with Gasteiger partial charge in [0, 0.05) is 25.4 Å². The van der Waals surface area contributed by atoms with Gasteiger partial charge in [-0.05, 0) is 35.0 Å².